The number of thiophene rings is 1. The van der Waals surface area contributed by atoms with E-state index in [-0.39, 0.29) is 0 Å². The van der Waals surface area contributed by atoms with Gasteiger partial charge in [0.15, 0.2) is 0 Å². The molecule has 5 heteroatoms. The van der Waals surface area contributed by atoms with Crippen molar-refractivity contribution >= 4 is 33.0 Å². The molecule has 0 aliphatic rings. The predicted octanol–water partition coefficient (Wildman–Crippen LogP) is 4.36. The number of halogens is 1. The number of pyridine rings is 1. The zero-order valence-corrected chi connectivity index (χ0v) is 14.3. The summed E-state index contributed by atoms with van der Waals surface area (Å²) in [5, 5.41) is 5.59. The van der Waals surface area contributed by atoms with Gasteiger partial charge >= 0.3 is 0 Å². The number of anilines is 1. The van der Waals surface area contributed by atoms with Crippen LogP contribution >= 0.6 is 27.3 Å². The van der Waals surface area contributed by atoms with Crippen molar-refractivity contribution in [3.05, 3.63) is 44.8 Å². The molecule has 2 aromatic heterocycles. The van der Waals surface area contributed by atoms with E-state index < -0.39 is 0 Å². The van der Waals surface area contributed by atoms with E-state index in [2.05, 4.69) is 62.6 Å². The number of rotatable bonds is 7. The van der Waals surface area contributed by atoms with Crippen LogP contribution in [0.15, 0.2) is 33.6 Å². The van der Waals surface area contributed by atoms with Crippen molar-refractivity contribution in [1.29, 1.82) is 0 Å². The van der Waals surface area contributed by atoms with E-state index in [0.29, 0.717) is 0 Å². The molecule has 1 N–H and O–H groups in total. The Hall–Kier alpha value is -0.910. The molecule has 2 aromatic rings. The van der Waals surface area contributed by atoms with E-state index in [1.165, 1.54) is 9.35 Å². The summed E-state index contributed by atoms with van der Waals surface area (Å²) < 4.78 is 1.18. The lowest BCUT2D eigenvalue weighted by atomic mass is 10.2. The molecule has 3 nitrogen and oxygen atoms in total. The van der Waals surface area contributed by atoms with Gasteiger partial charge in [0, 0.05) is 31.5 Å². The average molecular weight is 354 g/mol. The highest BCUT2D eigenvalue weighted by Gasteiger charge is 2.05. The van der Waals surface area contributed by atoms with Crippen molar-refractivity contribution in [2.24, 2.45) is 0 Å². The molecule has 0 aromatic carbocycles. The van der Waals surface area contributed by atoms with Crippen molar-refractivity contribution in [2.45, 2.75) is 26.4 Å². The maximum atomic E-state index is 4.45. The molecular formula is C15H20BrN3S. The van der Waals surface area contributed by atoms with Crippen molar-refractivity contribution in [3.63, 3.8) is 0 Å². The zero-order valence-electron chi connectivity index (χ0n) is 11.9. The molecule has 0 spiro atoms. The van der Waals surface area contributed by atoms with Gasteiger partial charge in [-0.15, -0.1) is 11.3 Å². The van der Waals surface area contributed by atoms with Crippen molar-refractivity contribution in [3.8, 4) is 0 Å². The van der Waals surface area contributed by atoms with Gasteiger partial charge in [0.1, 0.15) is 0 Å². The number of aromatic nitrogens is 1. The largest absolute Gasteiger partial charge is 0.385 e. The lowest BCUT2D eigenvalue weighted by molar-refractivity contribution is 0.315. The fraction of sp³-hybridized carbons (Fsp3) is 0.400. The topological polar surface area (TPSA) is 28.2 Å². The summed E-state index contributed by atoms with van der Waals surface area (Å²) in [5.74, 6) is 0. The molecule has 0 bridgehead atoms. The molecular weight excluding hydrogens is 334 g/mol. The summed E-state index contributed by atoms with van der Waals surface area (Å²) >= 11 is 5.23. The highest BCUT2D eigenvalue weighted by molar-refractivity contribution is 9.11. The summed E-state index contributed by atoms with van der Waals surface area (Å²) in [5.41, 5.74) is 3.59. The Bertz CT molecular complexity index is 541. The Labute approximate surface area is 133 Å². The predicted molar refractivity (Wildman–Crippen MR) is 90.2 cm³/mol. The van der Waals surface area contributed by atoms with Crippen molar-refractivity contribution in [2.75, 3.05) is 18.9 Å². The van der Waals surface area contributed by atoms with E-state index in [1.807, 2.05) is 12.3 Å². The minimum absolute atomic E-state index is 0.856. The second kappa shape index (κ2) is 7.76. The maximum Gasteiger partial charge on any atom is 0.0701 e. The third-order valence-electron chi connectivity index (χ3n) is 2.90. The summed E-state index contributed by atoms with van der Waals surface area (Å²) in [6.07, 6.45) is 3.01. The second-order valence-corrected chi connectivity index (χ2v) is 7.18. The maximum absolute atomic E-state index is 4.45. The Morgan fingerprint density at radius 2 is 2.20 bits per heavy atom. The minimum Gasteiger partial charge on any atom is -0.385 e. The van der Waals surface area contributed by atoms with Gasteiger partial charge in [0.05, 0.1) is 9.48 Å². The highest BCUT2D eigenvalue weighted by atomic mass is 79.9. The molecule has 0 aliphatic heterocycles. The first-order chi connectivity index (χ1) is 9.67. The first kappa shape index (κ1) is 15.5. The van der Waals surface area contributed by atoms with Gasteiger partial charge in [-0.3, -0.25) is 9.88 Å². The standard InChI is InChI=1S/C15H20BrN3S/c1-3-5-17-13-4-6-18-14(8-13)10-19(2)9-12-7-15(16)20-11-12/h4,6-8,11H,3,5,9-10H2,1-2H3,(H,17,18). The normalized spacial score (nSPS) is 11.0. The molecule has 108 valence electrons. The lowest BCUT2D eigenvalue weighted by Gasteiger charge is -2.16. The van der Waals surface area contributed by atoms with Crippen LogP contribution in [0, 0.1) is 0 Å². The third kappa shape index (κ3) is 4.89. The zero-order chi connectivity index (χ0) is 14.4. The first-order valence-corrected chi connectivity index (χ1v) is 8.45. The Morgan fingerprint density at radius 1 is 1.35 bits per heavy atom. The molecule has 2 rings (SSSR count). The molecule has 0 amide bonds. The van der Waals surface area contributed by atoms with E-state index in [4.69, 9.17) is 0 Å². The quantitative estimate of drug-likeness (QED) is 0.801. The molecule has 0 saturated carbocycles. The molecule has 0 atom stereocenters. The van der Waals surface area contributed by atoms with Crippen LogP contribution in [0.4, 0.5) is 5.69 Å². The molecule has 20 heavy (non-hydrogen) atoms. The van der Waals surface area contributed by atoms with E-state index in [0.717, 1.165) is 37.4 Å². The van der Waals surface area contributed by atoms with E-state index in [1.54, 1.807) is 11.3 Å². The molecule has 2 heterocycles. The summed E-state index contributed by atoms with van der Waals surface area (Å²) in [4.78, 5) is 6.72. The third-order valence-corrected chi connectivity index (χ3v) is 4.46. The molecule has 0 saturated heterocycles. The average Bonchev–Trinajstić information content (AvgIpc) is 2.82. The Morgan fingerprint density at radius 3 is 2.90 bits per heavy atom. The summed E-state index contributed by atoms with van der Waals surface area (Å²) in [6.45, 7) is 4.97. The van der Waals surface area contributed by atoms with Gasteiger partial charge in [-0.25, -0.2) is 0 Å². The SMILES string of the molecule is CCCNc1ccnc(CN(C)Cc2csc(Br)c2)c1. The van der Waals surface area contributed by atoms with Crippen LogP contribution in [0.5, 0.6) is 0 Å². The van der Waals surface area contributed by atoms with Crippen LogP contribution in [-0.2, 0) is 13.1 Å². The lowest BCUT2D eigenvalue weighted by Crippen LogP contribution is -2.17. The summed E-state index contributed by atoms with van der Waals surface area (Å²) in [7, 11) is 2.12. The van der Waals surface area contributed by atoms with Gasteiger partial charge in [0.25, 0.3) is 0 Å². The molecule has 0 aliphatic carbocycles. The van der Waals surface area contributed by atoms with Gasteiger partial charge < -0.3 is 5.32 Å². The van der Waals surface area contributed by atoms with E-state index in [9.17, 15) is 0 Å². The molecule has 0 unspecified atom stereocenters. The molecule has 0 fully saturated rings. The summed E-state index contributed by atoms with van der Waals surface area (Å²) in [6, 6.07) is 6.33. The van der Waals surface area contributed by atoms with E-state index >= 15 is 0 Å². The van der Waals surface area contributed by atoms with Crippen LogP contribution in [0.1, 0.15) is 24.6 Å². The first-order valence-electron chi connectivity index (χ1n) is 6.77. The highest BCUT2D eigenvalue weighted by Crippen LogP contribution is 2.22. The number of hydrogen-bond donors (Lipinski definition) is 1. The van der Waals surface area contributed by atoms with Crippen LogP contribution in [-0.4, -0.2) is 23.5 Å². The Balaban J connectivity index is 1.91. The van der Waals surface area contributed by atoms with Crippen LogP contribution in [0.3, 0.4) is 0 Å². The fourth-order valence-electron chi connectivity index (χ4n) is 2.02. The van der Waals surface area contributed by atoms with Gasteiger partial charge in [-0.1, -0.05) is 6.92 Å². The van der Waals surface area contributed by atoms with Crippen LogP contribution in [0.2, 0.25) is 0 Å². The Kier molecular flexibility index (Phi) is 6.01. The fourth-order valence-corrected chi connectivity index (χ4v) is 3.22. The van der Waals surface area contributed by atoms with Crippen molar-refractivity contribution < 1.29 is 0 Å². The van der Waals surface area contributed by atoms with Crippen molar-refractivity contribution in [1.82, 2.24) is 9.88 Å². The smallest absolute Gasteiger partial charge is 0.0701 e. The number of nitrogens with one attached hydrogen (secondary N) is 1. The van der Waals surface area contributed by atoms with Gasteiger partial charge in [-0.2, -0.15) is 0 Å². The minimum atomic E-state index is 0.856. The van der Waals surface area contributed by atoms with Crippen LogP contribution in [0.25, 0.3) is 0 Å². The van der Waals surface area contributed by atoms with Gasteiger partial charge in [-0.05, 0) is 58.5 Å². The monoisotopic (exact) mass is 353 g/mol. The second-order valence-electron chi connectivity index (χ2n) is 4.89. The van der Waals surface area contributed by atoms with Crippen LogP contribution < -0.4 is 5.32 Å². The number of hydrogen-bond acceptors (Lipinski definition) is 4. The molecule has 0 radical (unpaired) electrons. The number of nitrogens with zero attached hydrogens (tertiary/aromatic N) is 2. The van der Waals surface area contributed by atoms with Gasteiger partial charge in [0.2, 0.25) is 0 Å².